The van der Waals surface area contributed by atoms with Gasteiger partial charge in [-0.2, -0.15) is 0 Å². The number of carbonyl (C=O) groups is 1. The topological polar surface area (TPSA) is 42.2 Å². The summed E-state index contributed by atoms with van der Waals surface area (Å²) in [7, 11) is 0. The molecule has 0 aliphatic carbocycles. The second-order valence-electron chi connectivity index (χ2n) is 3.44. The highest BCUT2D eigenvalue weighted by molar-refractivity contribution is 9.10. The van der Waals surface area contributed by atoms with Crippen LogP contribution in [0.15, 0.2) is 51.6 Å². The van der Waals surface area contributed by atoms with Crippen LogP contribution in [0.25, 0.3) is 6.08 Å². The Balaban J connectivity index is 2.01. The summed E-state index contributed by atoms with van der Waals surface area (Å²) in [6.45, 7) is 0. The standard InChI is InChI=1S/C13H9BrClNO2/c14-12-7-5-9(18-12)6-8-13(17)16-11-4-2-1-3-10(11)15/h1-8H,(H,16,17). The van der Waals surface area contributed by atoms with Crippen LogP contribution in [0, 0.1) is 0 Å². The van der Waals surface area contributed by atoms with Crippen molar-refractivity contribution in [1.29, 1.82) is 0 Å². The van der Waals surface area contributed by atoms with Gasteiger partial charge in [0.25, 0.3) is 0 Å². The highest BCUT2D eigenvalue weighted by Crippen LogP contribution is 2.20. The molecule has 1 N–H and O–H groups in total. The van der Waals surface area contributed by atoms with Gasteiger partial charge in [-0.25, -0.2) is 0 Å². The molecule has 1 heterocycles. The Kier molecular flexibility index (Phi) is 4.23. The smallest absolute Gasteiger partial charge is 0.248 e. The molecule has 92 valence electrons. The molecule has 0 bridgehead atoms. The molecular weight excluding hydrogens is 318 g/mol. The predicted molar refractivity (Wildman–Crippen MR) is 75.5 cm³/mol. The molecule has 3 nitrogen and oxygen atoms in total. The lowest BCUT2D eigenvalue weighted by Gasteiger charge is -2.03. The molecule has 1 amide bonds. The number of nitrogens with one attached hydrogen (secondary N) is 1. The van der Waals surface area contributed by atoms with Crippen LogP contribution in [0.3, 0.4) is 0 Å². The van der Waals surface area contributed by atoms with Crippen molar-refractivity contribution >= 4 is 45.2 Å². The Morgan fingerprint density at radius 2 is 2.06 bits per heavy atom. The normalized spacial score (nSPS) is 10.8. The second kappa shape index (κ2) is 5.89. The third-order valence-corrected chi connectivity index (χ3v) is 2.88. The van der Waals surface area contributed by atoms with Gasteiger partial charge in [-0.05, 0) is 46.3 Å². The Morgan fingerprint density at radius 3 is 2.72 bits per heavy atom. The fourth-order valence-electron chi connectivity index (χ4n) is 1.31. The van der Waals surface area contributed by atoms with Gasteiger partial charge in [0, 0.05) is 6.08 Å². The summed E-state index contributed by atoms with van der Waals surface area (Å²) in [5, 5.41) is 3.18. The molecule has 0 spiro atoms. The average molecular weight is 327 g/mol. The van der Waals surface area contributed by atoms with Gasteiger partial charge in [-0.15, -0.1) is 0 Å². The first kappa shape index (κ1) is 12.9. The number of hydrogen-bond acceptors (Lipinski definition) is 2. The van der Waals surface area contributed by atoms with Crippen molar-refractivity contribution in [1.82, 2.24) is 0 Å². The van der Waals surface area contributed by atoms with E-state index >= 15 is 0 Å². The van der Waals surface area contributed by atoms with Crippen LogP contribution in [-0.4, -0.2) is 5.91 Å². The van der Waals surface area contributed by atoms with Gasteiger partial charge in [0.05, 0.1) is 10.7 Å². The Bertz CT molecular complexity index is 592. The second-order valence-corrected chi connectivity index (χ2v) is 4.63. The van der Waals surface area contributed by atoms with Gasteiger partial charge in [0.1, 0.15) is 5.76 Å². The molecule has 0 aliphatic heterocycles. The SMILES string of the molecule is O=C(C=Cc1ccc(Br)o1)Nc1ccccc1Cl. The number of furan rings is 1. The molecule has 0 fully saturated rings. The van der Waals surface area contributed by atoms with Gasteiger partial charge in [-0.3, -0.25) is 4.79 Å². The molecule has 18 heavy (non-hydrogen) atoms. The molecular formula is C13H9BrClNO2. The van der Waals surface area contributed by atoms with E-state index in [1.54, 1.807) is 42.5 Å². The highest BCUT2D eigenvalue weighted by atomic mass is 79.9. The lowest BCUT2D eigenvalue weighted by molar-refractivity contribution is -0.111. The van der Waals surface area contributed by atoms with Crippen molar-refractivity contribution in [2.24, 2.45) is 0 Å². The van der Waals surface area contributed by atoms with Crippen molar-refractivity contribution in [3.8, 4) is 0 Å². The maximum absolute atomic E-state index is 11.6. The summed E-state index contributed by atoms with van der Waals surface area (Å²) >= 11 is 9.11. The van der Waals surface area contributed by atoms with E-state index < -0.39 is 0 Å². The van der Waals surface area contributed by atoms with Gasteiger partial charge in [-0.1, -0.05) is 23.7 Å². The summed E-state index contributed by atoms with van der Waals surface area (Å²) in [5.74, 6) is 0.326. The van der Waals surface area contributed by atoms with Gasteiger partial charge >= 0.3 is 0 Å². The molecule has 1 aromatic heterocycles. The number of amides is 1. The zero-order chi connectivity index (χ0) is 13.0. The molecule has 1 aromatic carbocycles. The number of halogens is 2. The van der Waals surface area contributed by atoms with E-state index in [4.69, 9.17) is 16.0 Å². The zero-order valence-electron chi connectivity index (χ0n) is 9.19. The van der Waals surface area contributed by atoms with Crippen molar-refractivity contribution in [2.75, 3.05) is 5.32 Å². The van der Waals surface area contributed by atoms with E-state index in [-0.39, 0.29) is 5.91 Å². The monoisotopic (exact) mass is 325 g/mol. The van der Waals surface area contributed by atoms with Crippen molar-refractivity contribution in [3.05, 3.63) is 57.9 Å². The fourth-order valence-corrected chi connectivity index (χ4v) is 1.81. The highest BCUT2D eigenvalue weighted by Gasteiger charge is 2.02. The predicted octanol–water partition coefficient (Wildman–Crippen LogP) is 4.35. The van der Waals surface area contributed by atoms with Crippen LogP contribution in [0.4, 0.5) is 5.69 Å². The molecule has 0 aliphatic rings. The van der Waals surface area contributed by atoms with Crippen LogP contribution >= 0.6 is 27.5 Å². The minimum Gasteiger partial charge on any atom is -0.450 e. The molecule has 2 rings (SSSR count). The van der Waals surface area contributed by atoms with E-state index in [0.717, 1.165) is 0 Å². The van der Waals surface area contributed by atoms with E-state index in [9.17, 15) is 4.79 Å². The number of carbonyl (C=O) groups excluding carboxylic acids is 1. The summed E-state index contributed by atoms with van der Waals surface area (Å²) in [6, 6.07) is 10.6. The Labute approximate surface area is 118 Å². The third kappa shape index (κ3) is 3.48. The Morgan fingerprint density at radius 1 is 1.28 bits per heavy atom. The first-order valence-electron chi connectivity index (χ1n) is 5.14. The number of hydrogen-bond donors (Lipinski definition) is 1. The Hall–Kier alpha value is -1.52. The van der Waals surface area contributed by atoms with E-state index in [1.165, 1.54) is 6.08 Å². The van der Waals surface area contributed by atoms with Crippen LogP contribution in [0.5, 0.6) is 0 Å². The molecule has 0 unspecified atom stereocenters. The zero-order valence-corrected chi connectivity index (χ0v) is 11.5. The number of anilines is 1. The third-order valence-electron chi connectivity index (χ3n) is 2.12. The minimum atomic E-state index is -0.268. The van der Waals surface area contributed by atoms with Crippen LogP contribution in [0.1, 0.15) is 5.76 Å². The van der Waals surface area contributed by atoms with Crippen molar-refractivity contribution < 1.29 is 9.21 Å². The number of rotatable bonds is 3. The molecule has 0 saturated heterocycles. The molecule has 5 heteroatoms. The van der Waals surface area contributed by atoms with Crippen LogP contribution < -0.4 is 5.32 Å². The van der Waals surface area contributed by atoms with Crippen molar-refractivity contribution in [3.63, 3.8) is 0 Å². The number of para-hydroxylation sites is 1. The molecule has 0 atom stereocenters. The maximum atomic E-state index is 11.6. The fraction of sp³-hybridized carbons (Fsp3) is 0. The van der Waals surface area contributed by atoms with Gasteiger partial charge in [0.2, 0.25) is 5.91 Å². The minimum absolute atomic E-state index is 0.268. The number of benzene rings is 1. The van der Waals surface area contributed by atoms with Gasteiger partial charge < -0.3 is 9.73 Å². The van der Waals surface area contributed by atoms with Crippen molar-refractivity contribution in [2.45, 2.75) is 0 Å². The summed E-state index contributed by atoms with van der Waals surface area (Å²) in [4.78, 5) is 11.6. The quantitative estimate of drug-likeness (QED) is 0.852. The maximum Gasteiger partial charge on any atom is 0.248 e. The average Bonchev–Trinajstić information content (AvgIpc) is 2.76. The molecule has 0 saturated carbocycles. The molecule has 2 aromatic rings. The summed E-state index contributed by atoms with van der Waals surface area (Å²) < 4.78 is 5.85. The first-order valence-corrected chi connectivity index (χ1v) is 6.31. The lowest BCUT2D eigenvalue weighted by Crippen LogP contribution is -2.07. The van der Waals surface area contributed by atoms with E-state index in [0.29, 0.717) is 21.1 Å². The summed E-state index contributed by atoms with van der Waals surface area (Å²) in [5.41, 5.74) is 0.578. The summed E-state index contributed by atoms with van der Waals surface area (Å²) in [6.07, 6.45) is 2.96. The lowest BCUT2D eigenvalue weighted by atomic mass is 10.3. The first-order chi connectivity index (χ1) is 8.65. The van der Waals surface area contributed by atoms with E-state index in [1.807, 2.05) is 0 Å². The largest absolute Gasteiger partial charge is 0.450 e. The van der Waals surface area contributed by atoms with Crippen LogP contribution in [-0.2, 0) is 4.79 Å². The van der Waals surface area contributed by atoms with Crippen LogP contribution in [0.2, 0.25) is 5.02 Å². The van der Waals surface area contributed by atoms with E-state index in [2.05, 4.69) is 21.2 Å². The van der Waals surface area contributed by atoms with Gasteiger partial charge in [0.15, 0.2) is 4.67 Å². The molecule has 0 radical (unpaired) electrons.